The zero-order chi connectivity index (χ0) is 13.8. The Morgan fingerprint density at radius 3 is 2.60 bits per heavy atom. The number of imidazole rings is 1. The van der Waals surface area contributed by atoms with Gasteiger partial charge in [-0.3, -0.25) is 14.8 Å². The molecule has 1 heterocycles. The van der Waals surface area contributed by atoms with Crippen molar-refractivity contribution in [3.05, 3.63) is 29.9 Å². The van der Waals surface area contributed by atoms with E-state index in [1.165, 1.54) is 0 Å². The monoisotopic (exact) mass is 341 g/mol. The van der Waals surface area contributed by atoms with Crippen LogP contribution in [0, 0.1) is 5.41 Å². The molecule has 20 heavy (non-hydrogen) atoms. The minimum Gasteiger partial charge on any atom is -0.464 e. The van der Waals surface area contributed by atoms with Crippen LogP contribution in [0.2, 0.25) is 0 Å². The minimum atomic E-state index is -0.289. The number of aromatic nitrogens is 2. The number of aryl methyl sites for hydroxylation is 1. The van der Waals surface area contributed by atoms with Gasteiger partial charge in [0.15, 0.2) is 0 Å². The SMILES string of the molecule is Br.CCCCOC(=O)Cn1c(=N)n(C)c2ccccc21. The summed E-state index contributed by atoms with van der Waals surface area (Å²) in [5.74, 6) is -0.289. The highest BCUT2D eigenvalue weighted by molar-refractivity contribution is 8.93. The van der Waals surface area contributed by atoms with Crippen LogP contribution in [0.5, 0.6) is 0 Å². The Kier molecular flexibility index (Phi) is 6.01. The van der Waals surface area contributed by atoms with Crippen LogP contribution in [0.4, 0.5) is 0 Å². The standard InChI is InChI=1S/C14H19N3O2.BrH/c1-3-4-9-19-13(18)10-17-12-8-6-5-7-11(12)16(2)14(17)15;/h5-8,15H,3-4,9-10H2,1-2H3;1H. The molecule has 0 unspecified atom stereocenters. The largest absolute Gasteiger partial charge is 0.464 e. The number of hydrogen-bond acceptors (Lipinski definition) is 3. The first-order chi connectivity index (χ1) is 9.15. The quantitative estimate of drug-likeness (QED) is 0.670. The van der Waals surface area contributed by atoms with Crippen molar-refractivity contribution in [2.75, 3.05) is 6.61 Å². The molecule has 0 atom stereocenters. The Morgan fingerprint density at radius 1 is 1.30 bits per heavy atom. The summed E-state index contributed by atoms with van der Waals surface area (Å²) in [6, 6.07) is 7.67. The fourth-order valence-corrected chi connectivity index (χ4v) is 2.05. The van der Waals surface area contributed by atoms with E-state index in [0.717, 1.165) is 23.9 Å². The summed E-state index contributed by atoms with van der Waals surface area (Å²) >= 11 is 0. The molecular weight excluding hydrogens is 322 g/mol. The molecule has 0 spiro atoms. The Balaban J connectivity index is 0.00000200. The Morgan fingerprint density at radius 2 is 1.95 bits per heavy atom. The number of unbranched alkanes of at least 4 members (excludes halogenated alkanes) is 1. The molecule has 0 aliphatic rings. The van der Waals surface area contributed by atoms with Gasteiger partial charge in [-0.25, -0.2) is 0 Å². The van der Waals surface area contributed by atoms with E-state index in [1.54, 1.807) is 9.13 Å². The van der Waals surface area contributed by atoms with Gasteiger partial charge in [0, 0.05) is 7.05 Å². The van der Waals surface area contributed by atoms with E-state index in [9.17, 15) is 4.79 Å². The molecule has 0 amide bonds. The van der Waals surface area contributed by atoms with Crippen molar-refractivity contribution >= 4 is 34.0 Å². The summed E-state index contributed by atoms with van der Waals surface area (Å²) < 4.78 is 8.58. The molecular formula is C14H20BrN3O2. The molecule has 1 aromatic heterocycles. The van der Waals surface area contributed by atoms with Gasteiger partial charge in [0.05, 0.1) is 17.6 Å². The number of ether oxygens (including phenoxy) is 1. The maximum atomic E-state index is 11.8. The average Bonchev–Trinajstić information content (AvgIpc) is 2.65. The second kappa shape index (κ2) is 7.28. The summed E-state index contributed by atoms with van der Waals surface area (Å²) in [5, 5.41) is 8.05. The average molecular weight is 342 g/mol. The number of halogens is 1. The van der Waals surface area contributed by atoms with E-state index in [2.05, 4.69) is 6.92 Å². The van der Waals surface area contributed by atoms with Crippen molar-refractivity contribution < 1.29 is 9.53 Å². The highest BCUT2D eigenvalue weighted by Crippen LogP contribution is 2.11. The van der Waals surface area contributed by atoms with Crippen LogP contribution >= 0.6 is 17.0 Å². The summed E-state index contributed by atoms with van der Waals surface area (Å²) in [6.07, 6.45) is 1.87. The Hall–Kier alpha value is -1.56. The van der Waals surface area contributed by atoms with Gasteiger partial charge in [0.1, 0.15) is 6.54 Å². The van der Waals surface area contributed by atoms with Crippen LogP contribution in [0.3, 0.4) is 0 Å². The molecule has 110 valence electrons. The number of benzene rings is 1. The molecule has 6 heteroatoms. The van der Waals surface area contributed by atoms with Crippen LogP contribution in [0.15, 0.2) is 24.3 Å². The number of para-hydroxylation sites is 2. The van der Waals surface area contributed by atoms with Gasteiger partial charge in [-0.05, 0) is 18.6 Å². The number of esters is 1. The van der Waals surface area contributed by atoms with Crippen molar-refractivity contribution in [1.82, 2.24) is 9.13 Å². The fraction of sp³-hybridized carbons (Fsp3) is 0.429. The molecule has 2 rings (SSSR count). The van der Waals surface area contributed by atoms with E-state index in [0.29, 0.717) is 12.2 Å². The lowest BCUT2D eigenvalue weighted by molar-refractivity contribution is -0.144. The second-order valence-electron chi connectivity index (χ2n) is 4.53. The van der Waals surface area contributed by atoms with Gasteiger partial charge in [-0.2, -0.15) is 0 Å². The second-order valence-corrected chi connectivity index (χ2v) is 4.53. The zero-order valence-electron chi connectivity index (χ0n) is 11.8. The first-order valence-electron chi connectivity index (χ1n) is 6.49. The topological polar surface area (TPSA) is 60.0 Å². The number of carbonyl (C=O) groups excluding carboxylic acids is 1. The van der Waals surface area contributed by atoms with Gasteiger partial charge in [-0.15, -0.1) is 17.0 Å². The third kappa shape index (κ3) is 3.30. The molecule has 0 saturated heterocycles. The Labute approximate surface area is 128 Å². The summed E-state index contributed by atoms with van der Waals surface area (Å²) in [5.41, 5.74) is 2.12. The number of fused-ring (bicyclic) bond motifs is 1. The number of carbonyl (C=O) groups is 1. The molecule has 0 aliphatic heterocycles. The van der Waals surface area contributed by atoms with Crippen molar-refractivity contribution in [1.29, 1.82) is 5.41 Å². The highest BCUT2D eigenvalue weighted by Gasteiger charge is 2.11. The van der Waals surface area contributed by atoms with Crippen LogP contribution in [0.25, 0.3) is 11.0 Å². The zero-order valence-corrected chi connectivity index (χ0v) is 13.5. The smallest absolute Gasteiger partial charge is 0.326 e. The van der Waals surface area contributed by atoms with Gasteiger partial charge >= 0.3 is 5.97 Å². The molecule has 1 aromatic carbocycles. The van der Waals surface area contributed by atoms with E-state index < -0.39 is 0 Å². The summed E-state index contributed by atoms with van der Waals surface area (Å²) in [6.45, 7) is 2.59. The lowest BCUT2D eigenvalue weighted by atomic mass is 10.3. The van der Waals surface area contributed by atoms with E-state index >= 15 is 0 Å². The third-order valence-electron chi connectivity index (χ3n) is 3.16. The van der Waals surface area contributed by atoms with Crippen LogP contribution in [-0.4, -0.2) is 21.7 Å². The number of hydrogen-bond donors (Lipinski definition) is 1. The van der Waals surface area contributed by atoms with Crippen molar-refractivity contribution in [2.24, 2.45) is 7.05 Å². The van der Waals surface area contributed by atoms with E-state index in [1.807, 2.05) is 31.3 Å². The highest BCUT2D eigenvalue weighted by atomic mass is 79.9. The molecule has 2 aromatic rings. The van der Waals surface area contributed by atoms with Crippen molar-refractivity contribution in [3.8, 4) is 0 Å². The van der Waals surface area contributed by atoms with Gasteiger partial charge < -0.3 is 9.30 Å². The number of nitrogens with one attached hydrogen (secondary N) is 1. The molecule has 0 saturated carbocycles. The lowest BCUT2D eigenvalue weighted by Crippen LogP contribution is -2.26. The lowest BCUT2D eigenvalue weighted by Gasteiger charge is -2.05. The van der Waals surface area contributed by atoms with Gasteiger partial charge in [0.2, 0.25) is 5.62 Å². The van der Waals surface area contributed by atoms with Crippen molar-refractivity contribution in [2.45, 2.75) is 26.3 Å². The normalized spacial score (nSPS) is 10.3. The maximum Gasteiger partial charge on any atom is 0.326 e. The van der Waals surface area contributed by atoms with Gasteiger partial charge in [-0.1, -0.05) is 25.5 Å². The first kappa shape index (κ1) is 16.5. The predicted octanol–water partition coefficient (Wildman–Crippen LogP) is 2.38. The van der Waals surface area contributed by atoms with E-state index in [4.69, 9.17) is 10.1 Å². The molecule has 0 bridgehead atoms. The van der Waals surface area contributed by atoms with Crippen LogP contribution < -0.4 is 5.62 Å². The third-order valence-corrected chi connectivity index (χ3v) is 3.16. The van der Waals surface area contributed by atoms with Crippen molar-refractivity contribution in [3.63, 3.8) is 0 Å². The number of rotatable bonds is 5. The molecule has 0 aliphatic carbocycles. The summed E-state index contributed by atoms with van der Waals surface area (Å²) in [4.78, 5) is 11.8. The molecule has 0 fully saturated rings. The van der Waals surface area contributed by atoms with Crippen LogP contribution in [-0.2, 0) is 23.1 Å². The Bertz CT molecular complexity index is 645. The number of nitrogens with zero attached hydrogens (tertiary/aromatic N) is 2. The predicted molar refractivity (Wildman–Crippen MR) is 83.0 cm³/mol. The molecule has 1 N–H and O–H groups in total. The maximum absolute atomic E-state index is 11.8. The van der Waals surface area contributed by atoms with Crippen LogP contribution in [0.1, 0.15) is 19.8 Å². The molecule has 0 radical (unpaired) electrons. The van der Waals surface area contributed by atoms with Gasteiger partial charge in [0.25, 0.3) is 0 Å². The molecule has 5 nitrogen and oxygen atoms in total. The fourth-order valence-electron chi connectivity index (χ4n) is 2.05. The first-order valence-corrected chi connectivity index (χ1v) is 6.49. The van der Waals surface area contributed by atoms with E-state index in [-0.39, 0.29) is 29.5 Å². The summed E-state index contributed by atoms with van der Waals surface area (Å²) in [7, 11) is 1.82. The minimum absolute atomic E-state index is 0.